The first-order chi connectivity index (χ1) is 12.5. The third-order valence-electron chi connectivity index (χ3n) is 4.71. The molecule has 26 heavy (non-hydrogen) atoms. The van der Waals surface area contributed by atoms with Crippen molar-refractivity contribution < 1.29 is 0 Å². The number of H-pyrrole nitrogens is 1. The van der Waals surface area contributed by atoms with E-state index in [1.807, 2.05) is 48.7 Å². The number of aromatic amines is 1. The highest BCUT2D eigenvalue weighted by Gasteiger charge is 2.41. The van der Waals surface area contributed by atoms with Gasteiger partial charge in [-0.05, 0) is 74.1 Å². The fourth-order valence-electron chi connectivity index (χ4n) is 3.60. The van der Waals surface area contributed by atoms with E-state index in [0.29, 0.717) is 10.1 Å². The van der Waals surface area contributed by atoms with Gasteiger partial charge in [-0.1, -0.05) is 17.7 Å². The molecule has 2 atom stereocenters. The molecule has 132 valence electrons. The Hall–Kier alpha value is -2.37. The Labute approximate surface area is 163 Å². The summed E-state index contributed by atoms with van der Waals surface area (Å²) in [6, 6.07) is 15.9. The summed E-state index contributed by atoms with van der Waals surface area (Å²) in [6.07, 6.45) is 1.82. The first kappa shape index (κ1) is 17.1. The minimum Gasteiger partial charge on any atom is -0.362 e. The number of rotatable bonds is 3. The maximum absolute atomic E-state index is 6.08. The van der Waals surface area contributed by atoms with Crippen molar-refractivity contribution in [2.45, 2.75) is 25.9 Å². The summed E-state index contributed by atoms with van der Waals surface area (Å²) >= 11 is 11.8. The van der Waals surface area contributed by atoms with Crippen molar-refractivity contribution in [3.8, 4) is 0 Å². The van der Waals surface area contributed by atoms with Crippen molar-refractivity contribution in [2.75, 3.05) is 4.90 Å². The van der Waals surface area contributed by atoms with Gasteiger partial charge in [0.05, 0.1) is 17.8 Å². The van der Waals surface area contributed by atoms with Crippen LogP contribution in [0.15, 0.2) is 54.7 Å². The van der Waals surface area contributed by atoms with E-state index >= 15 is 0 Å². The van der Waals surface area contributed by atoms with Crippen molar-refractivity contribution in [2.24, 2.45) is 0 Å². The molecule has 6 heteroatoms. The summed E-state index contributed by atoms with van der Waals surface area (Å²) in [4.78, 5) is 10.1. The molecule has 0 bridgehead atoms. The molecule has 4 nitrogen and oxygen atoms in total. The molecule has 1 saturated heterocycles. The molecule has 1 aliphatic heterocycles. The van der Waals surface area contributed by atoms with E-state index in [4.69, 9.17) is 23.8 Å². The summed E-state index contributed by atoms with van der Waals surface area (Å²) in [7, 11) is 0. The third kappa shape index (κ3) is 2.97. The molecule has 0 spiro atoms. The number of nitrogens with one attached hydrogen (secondary N) is 2. The minimum atomic E-state index is -0.0340. The number of pyridine rings is 1. The third-order valence-corrected chi connectivity index (χ3v) is 5.28. The van der Waals surface area contributed by atoms with Crippen molar-refractivity contribution >= 4 is 34.6 Å². The zero-order valence-electron chi connectivity index (χ0n) is 14.5. The number of thiocarbonyl (C=S) groups is 1. The monoisotopic (exact) mass is 382 g/mol. The summed E-state index contributed by atoms with van der Waals surface area (Å²) < 4.78 is 0. The molecule has 4 rings (SSSR count). The van der Waals surface area contributed by atoms with Gasteiger partial charge in [0.1, 0.15) is 0 Å². The number of aromatic nitrogens is 2. The lowest BCUT2D eigenvalue weighted by Crippen LogP contribution is -2.29. The number of benzene rings is 1. The van der Waals surface area contributed by atoms with E-state index in [0.717, 1.165) is 22.8 Å². The van der Waals surface area contributed by atoms with Crippen molar-refractivity contribution in [1.82, 2.24) is 15.3 Å². The molecule has 3 aromatic rings. The average molecular weight is 383 g/mol. The van der Waals surface area contributed by atoms with Crippen LogP contribution >= 0.6 is 23.8 Å². The van der Waals surface area contributed by atoms with Crippen LogP contribution in [-0.4, -0.2) is 15.1 Å². The van der Waals surface area contributed by atoms with Crippen LogP contribution in [0.3, 0.4) is 0 Å². The molecule has 0 saturated carbocycles. The highest BCUT2D eigenvalue weighted by atomic mass is 35.5. The second-order valence-electron chi connectivity index (χ2n) is 6.51. The van der Waals surface area contributed by atoms with Gasteiger partial charge in [0.15, 0.2) is 5.11 Å². The quantitative estimate of drug-likeness (QED) is 0.635. The van der Waals surface area contributed by atoms with Gasteiger partial charge in [-0.15, -0.1) is 0 Å². The van der Waals surface area contributed by atoms with Crippen LogP contribution in [0.1, 0.15) is 34.7 Å². The number of halogens is 1. The largest absolute Gasteiger partial charge is 0.362 e. The maximum Gasteiger partial charge on any atom is 0.174 e. The van der Waals surface area contributed by atoms with Crippen LogP contribution in [0.4, 0.5) is 5.69 Å². The van der Waals surface area contributed by atoms with E-state index in [1.165, 1.54) is 5.56 Å². The zero-order chi connectivity index (χ0) is 18.3. The molecule has 1 aromatic carbocycles. The molecular weight excluding hydrogens is 364 g/mol. The summed E-state index contributed by atoms with van der Waals surface area (Å²) in [5.41, 5.74) is 5.45. The van der Waals surface area contributed by atoms with E-state index < -0.39 is 0 Å². The number of nitrogens with zero attached hydrogens (tertiary/aromatic N) is 2. The topological polar surface area (TPSA) is 44.0 Å². The Morgan fingerprint density at radius 2 is 1.88 bits per heavy atom. The molecule has 1 aliphatic rings. The maximum atomic E-state index is 6.08. The lowest BCUT2D eigenvalue weighted by molar-refractivity contribution is 0.566. The predicted molar refractivity (Wildman–Crippen MR) is 110 cm³/mol. The second kappa shape index (κ2) is 6.74. The molecule has 0 unspecified atom stereocenters. The van der Waals surface area contributed by atoms with E-state index in [-0.39, 0.29) is 12.1 Å². The highest BCUT2D eigenvalue weighted by molar-refractivity contribution is 7.80. The number of aryl methyl sites for hydroxylation is 2. The Balaban J connectivity index is 1.85. The molecular formula is C20H19ClN4S. The van der Waals surface area contributed by atoms with Gasteiger partial charge in [-0.25, -0.2) is 0 Å². The molecule has 3 heterocycles. The van der Waals surface area contributed by atoms with E-state index in [1.54, 1.807) is 0 Å². The van der Waals surface area contributed by atoms with Crippen LogP contribution in [0.5, 0.6) is 0 Å². The van der Waals surface area contributed by atoms with Gasteiger partial charge in [0, 0.05) is 28.3 Å². The number of anilines is 1. The van der Waals surface area contributed by atoms with Gasteiger partial charge in [0.25, 0.3) is 0 Å². The van der Waals surface area contributed by atoms with Crippen LogP contribution in [0.2, 0.25) is 5.02 Å². The first-order valence-corrected chi connectivity index (χ1v) is 9.25. The SMILES string of the molecule is Cc1cc([C@H]2[C@@H](c3ccccn3)NC(=S)N2c2ccc(Cl)cc2)c(C)[nH]1. The number of hydrogen-bond donors (Lipinski definition) is 2. The minimum absolute atomic E-state index is 0.00326. The van der Waals surface area contributed by atoms with E-state index in [2.05, 4.69) is 40.1 Å². The van der Waals surface area contributed by atoms with Gasteiger partial charge in [-0.3, -0.25) is 4.98 Å². The average Bonchev–Trinajstić information content (AvgIpc) is 3.15. The fraction of sp³-hybridized carbons (Fsp3) is 0.200. The molecule has 0 radical (unpaired) electrons. The highest BCUT2D eigenvalue weighted by Crippen LogP contribution is 2.42. The summed E-state index contributed by atoms with van der Waals surface area (Å²) in [5, 5.41) is 4.86. The standard InChI is InChI=1S/C20H19ClN4S/c1-12-11-16(13(2)23-12)19-18(17-5-3-4-10-22-17)24-20(26)25(19)15-8-6-14(21)7-9-15/h3-11,18-19,23H,1-2H3,(H,24,26)/t18-,19+/m1/s1. The van der Waals surface area contributed by atoms with Crippen LogP contribution in [0, 0.1) is 13.8 Å². The van der Waals surface area contributed by atoms with Crippen LogP contribution < -0.4 is 10.2 Å². The summed E-state index contributed by atoms with van der Waals surface area (Å²) in [6.45, 7) is 4.17. The lowest BCUT2D eigenvalue weighted by atomic mass is 9.96. The van der Waals surface area contributed by atoms with Crippen LogP contribution in [-0.2, 0) is 0 Å². The lowest BCUT2D eigenvalue weighted by Gasteiger charge is -2.28. The Bertz CT molecular complexity index is 936. The zero-order valence-corrected chi connectivity index (χ0v) is 16.1. The second-order valence-corrected chi connectivity index (χ2v) is 7.33. The predicted octanol–water partition coefficient (Wildman–Crippen LogP) is 4.86. The van der Waals surface area contributed by atoms with Gasteiger partial charge in [0.2, 0.25) is 0 Å². The Kier molecular flexibility index (Phi) is 4.42. The van der Waals surface area contributed by atoms with E-state index in [9.17, 15) is 0 Å². The molecule has 0 aliphatic carbocycles. The molecule has 0 amide bonds. The Morgan fingerprint density at radius 3 is 2.50 bits per heavy atom. The normalized spacial score (nSPS) is 19.7. The molecule has 1 fully saturated rings. The van der Waals surface area contributed by atoms with Gasteiger partial charge in [-0.2, -0.15) is 0 Å². The first-order valence-electron chi connectivity index (χ1n) is 8.47. The van der Waals surface area contributed by atoms with Gasteiger partial charge >= 0.3 is 0 Å². The Morgan fingerprint density at radius 1 is 1.12 bits per heavy atom. The summed E-state index contributed by atoms with van der Waals surface area (Å²) in [5.74, 6) is 0. The molecule has 2 N–H and O–H groups in total. The van der Waals surface area contributed by atoms with Crippen molar-refractivity contribution in [3.63, 3.8) is 0 Å². The van der Waals surface area contributed by atoms with Crippen LogP contribution in [0.25, 0.3) is 0 Å². The van der Waals surface area contributed by atoms with Crippen molar-refractivity contribution in [1.29, 1.82) is 0 Å². The molecule has 2 aromatic heterocycles. The smallest absolute Gasteiger partial charge is 0.174 e. The number of hydrogen-bond acceptors (Lipinski definition) is 2. The van der Waals surface area contributed by atoms with Gasteiger partial charge < -0.3 is 15.2 Å². The van der Waals surface area contributed by atoms with Crippen molar-refractivity contribution in [3.05, 3.63) is 82.4 Å². The fourth-order valence-corrected chi connectivity index (χ4v) is 4.08.